The van der Waals surface area contributed by atoms with E-state index < -0.39 is 0 Å². The normalized spacial score (nSPS) is 21.9. The molecule has 0 saturated carbocycles. The molecular formula is C16H25ClN2O. The lowest BCUT2D eigenvalue weighted by Gasteiger charge is -2.28. The number of aryl methyl sites for hydroxylation is 2. The van der Waals surface area contributed by atoms with Crippen molar-refractivity contribution in [1.29, 1.82) is 0 Å². The molecule has 3 nitrogen and oxygen atoms in total. The predicted molar refractivity (Wildman–Crippen MR) is 85.4 cm³/mol. The zero-order valence-electron chi connectivity index (χ0n) is 12.3. The third kappa shape index (κ3) is 5.14. The molecule has 2 atom stereocenters. The van der Waals surface area contributed by atoms with Crippen molar-refractivity contribution in [3.63, 3.8) is 0 Å². The predicted octanol–water partition coefficient (Wildman–Crippen LogP) is 2.61. The third-order valence-corrected chi connectivity index (χ3v) is 3.87. The SMILES string of the molecule is Cc1ccccc1CCC(=O)NC1CCNC(C)C1.Cl. The average Bonchev–Trinajstić information content (AvgIpc) is 2.38. The zero-order chi connectivity index (χ0) is 13.7. The van der Waals surface area contributed by atoms with Gasteiger partial charge in [-0.15, -0.1) is 12.4 Å². The minimum atomic E-state index is 0. The number of hydrogen-bond acceptors (Lipinski definition) is 2. The minimum absolute atomic E-state index is 0. The highest BCUT2D eigenvalue weighted by atomic mass is 35.5. The Morgan fingerprint density at radius 3 is 2.85 bits per heavy atom. The molecule has 4 heteroatoms. The second-order valence-corrected chi connectivity index (χ2v) is 5.57. The quantitative estimate of drug-likeness (QED) is 0.897. The van der Waals surface area contributed by atoms with Crippen molar-refractivity contribution >= 4 is 18.3 Å². The Hall–Kier alpha value is -1.06. The van der Waals surface area contributed by atoms with Gasteiger partial charge in [0.15, 0.2) is 0 Å². The van der Waals surface area contributed by atoms with Gasteiger partial charge < -0.3 is 10.6 Å². The van der Waals surface area contributed by atoms with Crippen LogP contribution < -0.4 is 10.6 Å². The molecule has 2 unspecified atom stereocenters. The van der Waals surface area contributed by atoms with Crippen LogP contribution in [0.3, 0.4) is 0 Å². The first-order valence-corrected chi connectivity index (χ1v) is 7.22. The highest BCUT2D eigenvalue weighted by molar-refractivity contribution is 5.85. The van der Waals surface area contributed by atoms with Crippen molar-refractivity contribution in [2.75, 3.05) is 6.54 Å². The Balaban J connectivity index is 0.00000200. The molecule has 1 heterocycles. The van der Waals surface area contributed by atoms with Gasteiger partial charge in [0.2, 0.25) is 5.91 Å². The first-order valence-electron chi connectivity index (χ1n) is 7.22. The van der Waals surface area contributed by atoms with Gasteiger partial charge in [-0.25, -0.2) is 0 Å². The van der Waals surface area contributed by atoms with E-state index in [1.165, 1.54) is 11.1 Å². The van der Waals surface area contributed by atoms with Crippen LogP contribution in [0.2, 0.25) is 0 Å². The Bertz CT molecular complexity index is 436. The maximum absolute atomic E-state index is 12.0. The van der Waals surface area contributed by atoms with Crippen LogP contribution in [-0.2, 0) is 11.2 Å². The molecule has 1 aliphatic rings. The van der Waals surface area contributed by atoms with Crippen LogP contribution in [0.5, 0.6) is 0 Å². The molecule has 2 N–H and O–H groups in total. The number of piperidine rings is 1. The standard InChI is InChI=1S/C16H24N2O.ClH/c1-12-5-3-4-6-14(12)7-8-16(19)18-15-9-10-17-13(2)11-15;/h3-6,13,15,17H,7-11H2,1-2H3,(H,18,19);1H. The van der Waals surface area contributed by atoms with E-state index in [1.807, 2.05) is 12.1 Å². The highest BCUT2D eigenvalue weighted by Crippen LogP contribution is 2.11. The van der Waals surface area contributed by atoms with Crippen molar-refractivity contribution in [2.45, 2.75) is 51.6 Å². The number of halogens is 1. The van der Waals surface area contributed by atoms with Gasteiger partial charge in [-0.3, -0.25) is 4.79 Å². The monoisotopic (exact) mass is 296 g/mol. The number of carbonyl (C=O) groups is 1. The molecule has 1 amide bonds. The highest BCUT2D eigenvalue weighted by Gasteiger charge is 2.19. The molecule has 2 rings (SSSR count). The smallest absolute Gasteiger partial charge is 0.220 e. The number of amides is 1. The molecule has 1 saturated heterocycles. The van der Waals surface area contributed by atoms with Crippen LogP contribution in [0, 0.1) is 6.92 Å². The van der Waals surface area contributed by atoms with E-state index in [2.05, 4.69) is 36.6 Å². The van der Waals surface area contributed by atoms with E-state index in [1.54, 1.807) is 0 Å². The Kier molecular flexibility index (Phi) is 7.03. The van der Waals surface area contributed by atoms with Gasteiger partial charge in [-0.05, 0) is 50.8 Å². The fraction of sp³-hybridized carbons (Fsp3) is 0.562. The largest absolute Gasteiger partial charge is 0.353 e. The van der Waals surface area contributed by atoms with Crippen LogP contribution in [0.1, 0.15) is 37.3 Å². The fourth-order valence-electron chi connectivity index (χ4n) is 2.70. The summed E-state index contributed by atoms with van der Waals surface area (Å²) in [6, 6.07) is 9.14. The van der Waals surface area contributed by atoms with E-state index >= 15 is 0 Å². The average molecular weight is 297 g/mol. The van der Waals surface area contributed by atoms with Gasteiger partial charge in [0.1, 0.15) is 0 Å². The Morgan fingerprint density at radius 2 is 2.15 bits per heavy atom. The number of benzene rings is 1. The van der Waals surface area contributed by atoms with Crippen molar-refractivity contribution in [3.8, 4) is 0 Å². The van der Waals surface area contributed by atoms with Crippen molar-refractivity contribution in [2.24, 2.45) is 0 Å². The fourth-order valence-corrected chi connectivity index (χ4v) is 2.70. The summed E-state index contributed by atoms with van der Waals surface area (Å²) in [5.41, 5.74) is 2.54. The lowest BCUT2D eigenvalue weighted by Crippen LogP contribution is -2.46. The Morgan fingerprint density at radius 1 is 1.40 bits per heavy atom. The summed E-state index contributed by atoms with van der Waals surface area (Å²) in [6.45, 7) is 5.28. The molecule has 1 fully saturated rings. The molecule has 1 aromatic carbocycles. The minimum Gasteiger partial charge on any atom is -0.353 e. The molecular weight excluding hydrogens is 272 g/mol. The summed E-state index contributed by atoms with van der Waals surface area (Å²) >= 11 is 0. The van der Waals surface area contributed by atoms with Crippen LogP contribution in [0.4, 0.5) is 0 Å². The maximum Gasteiger partial charge on any atom is 0.220 e. The summed E-state index contributed by atoms with van der Waals surface area (Å²) in [5, 5.41) is 6.56. The molecule has 0 aliphatic carbocycles. The first-order chi connectivity index (χ1) is 9.15. The number of rotatable bonds is 4. The van der Waals surface area contributed by atoms with E-state index in [9.17, 15) is 4.79 Å². The molecule has 20 heavy (non-hydrogen) atoms. The lowest BCUT2D eigenvalue weighted by atomic mass is 10.00. The summed E-state index contributed by atoms with van der Waals surface area (Å²) in [5.74, 6) is 0.183. The summed E-state index contributed by atoms with van der Waals surface area (Å²) in [6.07, 6.45) is 3.50. The molecule has 1 aromatic rings. The third-order valence-electron chi connectivity index (χ3n) is 3.87. The molecule has 112 valence electrons. The number of nitrogens with one attached hydrogen (secondary N) is 2. The summed E-state index contributed by atoms with van der Waals surface area (Å²) in [7, 11) is 0. The van der Waals surface area contributed by atoms with Crippen LogP contribution in [0.25, 0.3) is 0 Å². The molecule has 1 aliphatic heterocycles. The van der Waals surface area contributed by atoms with E-state index in [-0.39, 0.29) is 18.3 Å². The van der Waals surface area contributed by atoms with Crippen molar-refractivity contribution in [1.82, 2.24) is 10.6 Å². The second kappa shape index (κ2) is 8.28. The van der Waals surface area contributed by atoms with Gasteiger partial charge in [0.25, 0.3) is 0 Å². The van der Waals surface area contributed by atoms with Gasteiger partial charge in [-0.1, -0.05) is 24.3 Å². The van der Waals surface area contributed by atoms with Gasteiger partial charge in [-0.2, -0.15) is 0 Å². The second-order valence-electron chi connectivity index (χ2n) is 5.57. The van der Waals surface area contributed by atoms with E-state index in [4.69, 9.17) is 0 Å². The summed E-state index contributed by atoms with van der Waals surface area (Å²) in [4.78, 5) is 12.0. The van der Waals surface area contributed by atoms with E-state index in [0.29, 0.717) is 18.5 Å². The number of carbonyl (C=O) groups excluding carboxylic acids is 1. The molecule has 0 bridgehead atoms. The van der Waals surface area contributed by atoms with Crippen molar-refractivity contribution < 1.29 is 4.79 Å². The number of hydrogen-bond donors (Lipinski definition) is 2. The molecule has 0 spiro atoms. The van der Waals surface area contributed by atoms with E-state index in [0.717, 1.165) is 25.8 Å². The maximum atomic E-state index is 12.0. The first kappa shape index (κ1) is 17.0. The molecule has 0 radical (unpaired) electrons. The summed E-state index contributed by atoms with van der Waals surface area (Å²) < 4.78 is 0. The lowest BCUT2D eigenvalue weighted by molar-refractivity contribution is -0.122. The Labute approximate surface area is 127 Å². The molecule has 0 aromatic heterocycles. The van der Waals surface area contributed by atoms with Gasteiger partial charge in [0, 0.05) is 18.5 Å². The van der Waals surface area contributed by atoms with Crippen LogP contribution in [0.15, 0.2) is 24.3 Å². The topological polar surface area (TPSA) is 41.1 Å². The van der Waals surface area contributed by atoms with Crippen LogP contribution in [-0.4, -0.2) is 24.5 Å². The van der Waals surface area contributed by atoms with Gasteiger partial charge >= 0.3 is 0 Å². The zero-order valence-corrected chi connectivity index (χ0v) is 13.1. The van der Waals surface area contributed by atoms with Gasteiger partial charge in [0.05, 0.1) is 0 Å². The van der Waals surface area contributed by atoms with Crippen molar-refractivity contribution in [3.05, 3.63) is 35.4 Å². The van der Waals surface area contributed by atoms with Crippen LogP contribution >= 0.6 is 12.4 Å².